The topological polar surface area (TPSA) is 65.1 Å². The maximum atomic E-state index is 12.4. The molecule has 5 heteroatoms. The van der Waals surface area contributed by atoms with Gasteiger partial charge in [-0.3, -0.25) is 19.5 Å². The van der Waals surface area contributed by atoms with Gasteiger partial charge in [-0.15, -0.1) is 0 Å². The predicted octanol–water partition coefficient (Wildman–Crippen LogP) is 3.21. The van der Waals surface area contributed by atoms with E-state index in [2.05, 4.69) is 0 Å². The number of non-ortho nitro benzene ring substituents is 1. The number of fused-ring (bicyclic) bond motifs is 1. The van der Waals surface area contributed by atoms with Gasteiger partial charge in [0.15, 0.2) is 0 Å². The second-order valence-electron chi connectivity index (χ2n) is 4.86. The summed E-state index contributed by atoms with van der Waals surface area (Å²) in [6, 6.07) is 8.11. The maximum Gasteiger partial charge on any atom is 0.270 e. The second-order valence-corrected chi connectivity index (χ2v) is 4.86. The highest BCUT2D eigenvalue weighted by atomic mass is 16.6. The van der Waals surface area contributed by atoms with Crippen LogP contribution in [0.3, 0.4) is 0 Å². The number of rotatable bonds is 2. The molecule has 3 rings (SSSR count). The zero-order valence-electron chi connectivity index (χ0n) is 11.1. The first-order valence-corrected chi connectivity index (χ1v) is 6.19. The Morgan fingerprint density at radius 1 is 1.20 bits per heavy atom. The minimum absolute atomic E-state index is 0.0128. The quantitative estimate of drug-likeness (QED) is 0.620. The summed E-state index contributed by atoms with van der Waals surface area (Å²) in [5.41, 5.74) is 3.81. The van der Waals surface area contributed by atoms with Crippen LogP contribution in [0.5, 0.6) is 0 Å². The van der Waals surface area contributed by atoms with E-state index in [1.807, 2.05) is 19.9 Å². The molecule has 0 bridgehead atoms. The van der Waals surface area contributed by atoms with Crippen LogP contribution in [-0.4, -0.2) is 15.4 Å². The van der Waals surface area contributed by atoms with E-state index >= 15 is 0 Å². The molecule has 100 valence electrons. The molecule has 0 N–H and O–H groups in total. The normalized spacial score (nSPS) is 13.3. The number of hydrogen-bond donors (Lipinski definition) is 0. The molecule has 0 aliphatic carbocycles. The molecule has 5 nitrogen and oxygen atoms in total. The zero-order valence-corrected chi connectivity index (χ0v) is 11.1. The van der Waals surface area contributed by atoms with Gasteiger partial charge in [0.2, 0.25) is 0 Å². The molecule has 0 atom stereocenters. The molecular formula is C15H12N2O3. The molecule has 0 unspecified atom stereocenters. The Morgan fingerprint density at radius 3 is 2.60 bits per heavy atom. The summed E-state index contributed by atoms with van der Waals surface area (Å²) in [5, 5.41) is 10.8. The lowest BCUT2D eigenvalue weighted by Crippen LogP contribution is -2.09. The fraction of sp³-hybridized carbons (Fsp3) is 0.133. The zero-order chi connectivity index (χ0) is 14.4. The lowest BCUT2D eigenvalue weighted by Gasteiger charge is -2.04. The van der Waals surface area contributed by atoms with Gasteiger partial charge in [-0.25, -0.2) is 0 Å². The van der Waals surface area contributed by atoms with Gasteiger partial charge >= 0.3 is 0 Å². The number of benzene rings is 1. The molecule has 20 heavy (non-hydrogen) atoms. The molecule has 0 amide bonds. The van der Waals surface area contributed by atoms with E-state index in [0.717, 1.165) is 17.0 Å². The molecule has 2 aromatic rings. The minimum Gasteiger partial charge on any atom is -0.281 e. The van der Waals surface area contributed by atoms with Gasteiger partial charge in [0.25, 0.3) is 11.6 Å². The second kappa shape index (κ2) is 4.16. The predicted molar refractivity (Wildman–Crippen MR) is 75.5 cm³/mol. The number of allylic oxidation sites excluding steroid dienone is 1. The van der Waals surface area contributed by atoms with Gasteiger partial charge in [-0.05, 0) is 37.1 Å². The van der Waals surface area contributed by atoms with Crippen LogP contribution in [0.1, 0.15) is 27.3 Å². The average molecular weight is 268 g/mol. The van der Waals surface area contributed by atoms with Gasteiger partial charge in [0, 0.05) is 23.4 Å². The third-order valence-corrected chi connectivity index (χ3v) is 3.51. The Bertz CT molecular complexity index is 784. The van der Waals surface area contributed by atoms with E-state index in [0.29, 0.717) is 11.1 Å². The highest BCUT2D eigenvalue weighted by molar-refractivity contribution is 6.29. The van der Waals surface area contributed by atoms with Crippen LogP contribution < -0.4 is 0 Å². The number of hydrogen-bond acceptors (Lipinski definition) is 3. The summed E-state index contributed by atoms with van der Waals surface area (Å²) in [5.74, 6) is -0.133. The van der Waals surface area contributed by atoms with Crippen LogP contribution in [-0.2, 0) is 0 Å². The fourth-order valence-corrected chi connectivity index (χ4v) is 2.58. The first kappa shape index (κ1) is 12.3. The Balaban J connectivity index is 2.12. The number of nitro benzene ring substituents is 1. The van der Waals surface area contributed by atoms with E-state index in [1.54, 1.807) is 22.8 Å². The minimum atomic E-state index is -0.458. The van der Waals surface area contributed by atoms with Crippen molar-refractivity contribution in [2.24, 2.45) is 0 Å². The highest BCUT2D eigenvalue weighted by Gasteiger charge is 2.26. The third-order valence-electron chi connectivity index (χ3n) is 3.51. The van der Waals surface area contributed by atoms with Gasteiger partial charge in [0.1, 0.15) is 0 Å². The Kier molecular flexibility index (Phi) is 2.57. The molecule has 0 fully saturated rings. The average Bonchev–Trinajstić information content (AvgIpc) is 2.89. The summed E-state index contributed by atoms with van der Waals surface area (Å²) in [6.07, 6.45) is 1.80. The Labute approximate surface area is 115 Å². The lowest BCUT2D eigenvalue weighted by atomic mass is 10.0. The molecule has 0 saturated carbocycles. The van der Waals surface area contributed by atoms with Crippen molar-refractivity contribution >= 4 is 23.2 Å². The number of nitrogens with zero attached hydrogens (tertiary/aromatic N) is 2. The number of aromatic nitrogens is 1. The van der Waals surface area contributed by atoms with Crippen LogP contribution in [0.15, 0.2) is 30.3 Å². The lowest BCUT2D eigenvalue weighted by molar-refractivity contribution is -0.384. The molecule has 1 aliphatic rings. The van der Waals surface area contributed by atoms with Crippen molar-refractivity contribution in [1.29, 1.82) is 0 Å². The Hall–Kier alpha value is -2.69. The number of nitro groups is 1. The summed E-state index contributed by atoms with van der Waals surface area (Å²) in [7, 11) is 0. The summed E-state index contributed by atoms with van der Waals surface area (Å²) < 4.78 is 1.64. The highest BCUT2D eigenvalue weighted by Crippen LogP contribution is 2.32. The van der Waals surface area contributed by atoms with E-state index in [1.165, 1.54) is 12.1 Å². The summed E-state index contributed by atoms with van der Waals surface area (Å²) >= 11 is 0. The van der Waals surface area contributed by atoms with E-state index < -0.39 is 4.92 Å². The monoisotopic (exact) mass is 268 g/mol. The largest absolute Gasteiger partial charge is 0.281 e. The van der Waals surface area contributed by atoms with E-state index in [4.69, 9.17) is 0 Å². The molecule has 2 heterocycles. The standard InChI is InChI=1S/C15H12N2O3/c1-9-6-10(2)16-14(9)8-13(15(16)18)11-4-3-5-12(7-11)17(19)20/h3-8H,1-2H3. The number of carbonyl (C=O) groups excluding carboxylic acids is 1. The van der Waals surface area contributed by atoms with Gasteiger partial charge in [0.05, 0.1) is 10.6 Å². The third kappa shape index (κ3) is 1.67. The van der Waals surface area contributed by atoms with Crippen molar-refractivity contribution in [2.45, 2.75) is 13.8 Å². The van der Waals surface area contributed by atoms with Crippen LogP contribution in [0.4, 0.5) is 5.69 Å². The van der Waals surface area contributed by atoms with Crippen molar-refractivity contribution in [3.05, 3.63) is 63.0 Å². The van der Waals surface area contributed by atoms with Crippen LogP contribution in [0.25, 0.3) is 11.6 Å². The van der Waals surface area contributed by atoms with E-state index in [-0.39, 0.29) is 11.6 Å². The molecule has 1 aliphatic heterocycles. The molecular weight excluding hydrogens is 256 g/mol. The van der Waals surface area contributed by atoms with Crippen LogP contribution >= 0.6 is 0 Å². The van der Waals surface area contributed by atoms with Crippen molar-refractivity contribution in [3.8, 4) is 0 Å². The van der Waals surface area contributed by atoms with E-state index in [9.17, 15) is 14.9 Å². The number of aryl methyl sites for hydroxylation is 2. The molecule has 0 spiro atoms. The maximum absolute atomic E-state index is 12.4. The van der Waals surface area contributed by atoms with Gasteiger partial charge in [-0.1, -0.05) is 12.1 Å². The van der Waals surface area contributed by atoms with Crippen LogP contribution in [0, 0.1) is 24.0 Å². The first-order chi connectivity index (χ1) is 9.49. The summed E-state index contributed by atoms with van der Waals surface area (Å²) in [4.78, 5) is 22.8. The van der Waals surface area contributed by atoms with Crippen molar-refractivity contribution < 1.29 is 9.72 Å². The van der Waals surface area contributed by atoms with Crippen molar-refractivity contribution in [2.75, 3.05) is 0 Å². The molecule has 1 aromatic carbocycles. The SMILES string of the molecule is Cc1cc(C)n2c1C=C(c1cccc([N+](=O)[O-])c1)C2=O. The van der Waals surface area contributed by atoms with Crippen LogP contribution in [0.2, 0.25) is 0 Å². The fourth-order valence-electron chi connectivity index (χ4n) is 2.58. The van der Waals surface area contributed by atoms with Gasteiger partial charge in [-0.2, -0.15) is 0 Å². The van der Waals surface area contributed by atoms with Crippen molar-refractivity contribution in [1.82, 2.24) is 4.57 Å². The smallest absolute Gasteiger partial charge is 0.270 e. The van der Waals surface area contributed by atoms with Crippen molar-refractivity contribution in [3.63, 3.8) is 0 Å². The molecule has 0 saturated heterocycles. The van der Waals surface area contributed by atoms with Gasteiger partial charge < -0.3 is 0 Å². The molecule has 0 radical (unpaired) electrons. The Morgan fingerprint density at radius 2 is 1.95 bits per heavy atom. The molecule has 1 aromatic heterocycles. The number of carbonyl (C=O) groups is 1. The summed E-state index contributed by atoms with van der Waals surface area (Å²) in [6.45, 7) is 3.82. The first-order valence-electron chi connectivity index (χ1n) is 6.19.